The van der Waals surface area contributed by atoms with Gasteiger partial charge in [-0.25, -0.2) is 0 Å². The van der Waals surface area contributed by atoms with E-state index in [0.29, 0.717) is 18.3 Å². The summed E-state index contributed by atoms with van der Waals surface area (Å²) in [6.07, 6.45) is 0. The molecule has 2 aromatic heterocycles. The summed E-state index contributed by atoms with van der Waals surface area (Å²) in [4.78, 5) is 5.37. The molecule has 19 heavy (non-hydrogen) atoms. The Kier molecular flexibility index (Phi) is 3.29. The van der Waals surface area contributed by atoms with E-state index in [0.717, 1.165) is 16.2 Å². The minimum Gasteiger partial charge on any atom is -0.494 e. The molecule has 96 valence electrons. The quantitative estimate of drug-likeness (QED) is 0.723. The first-order chi connectivity index (χ1) is 9.36. The van der Waals surface area contributed by atoms with E-state index in [4.69, 9.17) is 9.26 Å². The van der Waals surface area contributed by atoms with Crippen LogP contribution in [-0.2, 0) is 0 Å². The lowest BCUT2D eigenvalue weighted by Gasteiger charge is -2.02. The molecular weight excluding hydrogens is 260 g/mol. The fourth-order valence-electron chi connectivity index (χ4n) is 1.71. The zero-order chi connectivity index (χ0) is 13.1. The number of nitrogens with zero attached hydrogens (tertiary/aromatic N) is 2. The number of rotatable bonds is 4. The average molecular weight is 272 g/mol. The predicted molar refractivity (Wildman–Crippen MR) is 74.2 cm³/mol. The largest absolute Gasteiger partial charge is 0.494 e. The number of aromatic nitrogens is 2. The molecule has 4 nitrogen and oxygen atoms in total. The van der Waals surface area contributed by atoms with Crippen molar-refractivity contribution in [3.05, 3.63) is 41.8 Å². The summed E-state index contributed by atoms with van der Waals surface area (Å²) < 4.78 is 10.7. The minimum atomic E-state index is 0.555. The summed E-state index contributed by atoms with van der Waals surface area (Å²) >= 11 is 1.58. The highest BCUT2D eigenvalue weighted by atomic mass is 32.1. The fraction of sp³-hybridized carbons (Fsp3) is 0.143. The number of hydrogen-bond donors (Lipinski definition) is 0. The van der Waals surface area contributed by atoms with Gasteiger partial charge in [-0.2, -0.15) is 4.98 Å². The van der Waals surface area contributed by atoms with E-state index in [2.05, 4.69) is 10.1 Å². The highest BCUT2D eigenvalue weighted by Gasteiger charge is 2.11. The third-order valence-electron chi connectivity index (χ3n) is 2.58. The molecule has 0 bridgehead atoms. The molecule has 0 fully saturated rings. The van der Waals surface area contributed by atoms with Gasteiger partial charge < -0.3 is 9.26 Å². The van der Waals surface area contributed by atoms with Gasteiger partial charge in [0.15, 0.2) is 0 Å². The second-order valence-corrected chi connectivity index (χ2v) is 4.81. The minimum absolute atomic E-state index is 0.555. The molecule has 0 radical (unpaired) electrons. The van der Waals surface area contributed by atoms with Crippen LogP contribution in [0.15, 0.2) is 46.3 Å². The lowest BCUT2D eigenvalue weighted by atomic mass is 10.2. The van der Waals surface area contributed by atoms with Gasteiger partial charge in [-0.15, -0.1) is 11.3 Å². The molecule has 0 spiro atoms. The van der Waals surface area contributed by atoms with E-state index in [1.54, 1.807) is 11.3 Å². The Bertz CT molecular complexity index is 644. The molecule has 0 aliphatic carbocycles. The van der Waals surface area contributed by atoms with Crippen LogP contribution in [-0.4, -0.2) is 16.7 Å². The van der Waals surface area contributed by atoms with Crippen molar-refractivity contribution < 1.29 is 9.26 Å². The van der Waals surface area contributed by atoms with E-state index in [9.17, 15) is 0 Å². The van der Waals surface area contributed by atoms with Gasteiger partial charge in [0.1, 0.15) is 5.75 Å². The third-order valence-corrected chi connectivity index (χ3v) is 3.44. The molecule has 3 aromatic rings. The number of ether oxygens (including phenoxy) is 1. The van der Waals surface area contributed by atoms with Crippen LogP contribution >= 0.6 is 11.3 Å². The monoisotopic (exact) mass is 272 g/mol. The van der Waals surface area contributed by atoms with E-state index >= 15 is 0 Å². The maximum absolute atomic E-state index is 5.40. The maximum Gasteiger partial charge on any atom is 0.268 e. The third kappa shape index (κ3) is 2.51. The Balaban J connectivity index is 1.86. The summed E-state index contributed by atoms with van der Waals surface area (Å²) in [6, 6.07) is 11.6. The first-order valence-electron chi connectivity index (χ1n) is 5.97. The summed E-state index contributed by atoms with van der Waals surface area (Å²) in [5.74, 6) is 1.98. The van der Waals surface area contributed by atoms with Gasteiger partial charge in [0.05, 0.1) is 11.5 Å². The van der Waals surface area contributed by atoms with Gasteiger partial charge in [0.2, 0.25) is 5.82 Å². The van der Waals surface area contributed by atoms with Gasteiger partial charge in [0, 0.05) is 5.56 Å². The Hall–Kier alpha value is -2.14. The zero-order valence-electron chi connectivity index (χ0n) is 10.4. The van der Waals surface area contributed by atoms with Crippen molar-refractivity contribution >= 4 is 11.3 Å². The Labute approximate surface area is 114 Å². The lowest BCUT2D eigenvalue weighted by molar-refractivity contribution is 0.340. The van der Waals surface area contributed by atoms with Crippen LogP contribution in [0.4, 0.5) is 0 Å². The number of hydrogen-bond acceptors (Lipinski definition) is 5. The van der Waals surface area contributed by atoms with Crippen molar-refractivity contribution in [1.29, 1.82) is 0 Å². The fourth-order valence-corrected chi connectivity index (χ4v) is 2.35. The summed E-state index contributed by atoms with van der Waals surface area (Å²) in [5, 5.41) is 5.98. The molecule has 2 heterocycles. The van der Waals surface area contributed by atoms with Crippen molar-refractivity contribution in [2.24, 2.45) is 0 Å². The van der Waals surface area contributed by atoms with Gasteiger partial charge in [-0.05, 0) is 42.6 Å². The van der Waals surface area contributed by atoms with Crippen LogP contribution in [0.3, 0.4) is 0 Å². The van der Waals surface area contributed by atoms with Crippen molar-refractivity contribution in [1.82, 2.24) is 10.1 Å². The van der Waals surface area contributed by atoms with Crippen molar-refractivity contribution in [3.8, 4) is 27.9 Å². The topological polar surface area (TPSA) is 48.2 Å². The van der Waals surface area contributed by atoms with Gasteiger partial charge >= 0.3 is 0 Å². The molecule has 5 heteroatoms. The van der Waals surface area contributed by atoms with E-state index in [-0.39, 0.29) is 0 Å². The Morgan fingerprint density at radius 3 is 2.74 bits per heavy atom. The van der Waals surface area contributed by atoms with Crippen LogP contribution in [0.1, 0.15) is 6.92 Å². The number of thiophene rings is 1. The highest BCUT2D eigenvalue weighted by Crippen LogP contribution is 2.26. The van der Waals surface area contributed by atoms with E-state index < -0.39 is 0 Å². The summed E-state index contributed by atoms with van der Waals surface area (Å²) in [6.45, 7) is 2.62. The first-order valence-corrected chi connectivity index (χ1v) is 6.85. The second-order valence-electron chi connectivity index (χ2n) is 3.86. The molecule has 0 amide bonds. The van der Waals surface area contributed by atoms with Crippen LogP contribution in [0.2, 0.25) is 0 Å². The van der Waals surface area contributed by atoms with E-state index in [1.165, 1.54) is 0 Å². The van der Waals surface area contributed by atoms with Crippen LogP contribution in [0.5, 0.6) is 5.75 Å². The van der Waals surface area contributed by atoms with Gasteiger partial charge in [0.25, 0.3) is 5.89 Å². The molecular formula is C14H12N2O2S. The maximum atomic E-state index is 5.40. The molecule has 1 aromatic carbocycles. The molecule has 0 atom stereocenters. The van der Waals surface area contributed by atoms with Gasteiger partial charge in [-0.3, -0.25) is 0 Å². The summed E-state index contributed by atoms with van der Waals surface area (Å²) in [5.41, 5.74) is 0.912. The van der Waals surface area contributed by atoms with Crippen LogP contribution in [0, 0.1) is 0 Å². The Morgan fingerprint density at radius 1 is 1.21 bits per heavy atom. The molecule has 0 aliphatic heterocycles. The molecule has 3 rings (SSSR count). The van der Waals surface area contributed by atoms with E-state index in [1.807, 2.05) is 48.7 Å². The van der Waals surface area contributed by atoms with Crippen molar-refractivity contribution in [3.63, 3.8) is 0 Å². The second kappa shape index (κ2) is 5.24. The normalized spacial score (nSPS) is 10.6. The highest BCUT2D eigenvalue weighted by molar-refractivity contribution is 7.13. The lowest BCUT2D eigenvalue weighted by Crippen LogP contribution is -1.90. The van der Waals surface area contributed by atoms with Crippen LogP contribution in [0.25, 0.3) is 22.2 Å². The molecule has 0 saturated carbocycles. The molecule has 0 saturated heterocycles. The molecule has 0 N–H and O–H groups in total. The predicted octanol–water partition coefficient (Wildman–Crippen LogP) is 3.86. The first kappa shape index (κ1) is 11.9. The molecule has 0 unspecified atom stereocenters. The van der Waals surface area contributed by atoms with Crippen molar-refractivity contribution in [2.45, 2.75) is 6.92 Å². The smallest absolute Gasteiger partial charge is 0.268 e. The number of benzene rings is 1. The molecule has 0 aliphatic rings. The Morgan fingerprint density at radius 2 is 2.05 bits per heavy atom. The van der Waals surface area contributed by atoms with Crippen LogP contribution < -0.4 is 4.74 Å². The van der Waals surface area contributed by atoms with Crippen molar-refractivity contribution in [2.75, 3.05) is 6.61 Å². The average Bonchev–Trinajstić information content (AvgIpc) is 3.11. The van der Waals surface area contributed by atoms with Gasteiger partial charge in [-0.1, -0.05) is 11.2 Å². The zero-order valence-corrected chi connectivity index (χ0v) is 11.2. The standard InChI is InChI=1S/C14H12N2O2S/c1-2-17-11-7-5-10(6-8-11)13-15-14(18-16-13)12-4-3-9-19-12/h3-9H,2H2,1H3. The summed E-state index contributed by atoms with van der Waals surface area (Å²) in [7, 11) is 0. The SMILES string of the molecule is CCOc1ccc(-c2noc(-c3cccs3)n2)cc1.